The summed E-state index contributed by atoms with van der Waals surface area (Å²) in [7, 11) is 0. The maximum Gasteiger partial charge on any atom is 0.337 e. The summed E-state index contributed by atoms with van der Waals surface area (Å²) in [5.41, 5.74) is 0.968. The van der Waals surface area contributed by atoms with Gasteiger partial charge in [-0.2, -0.15) is 5.90 Å². The molecule has 0 aliphatic rings. The van der Waals surface area contributed by atoms with Gasteiger partial charge in [0, 0.05) is 0 Å². The van der Waals surface area contributed by atoms with E-state index in [4.69, 9.17) is 5.90 Å². The first-order valence-electron chi connectivity index (χ1n) is 7.17. The molecule has 1 atom stereocenters. The average Bonchev–Trinajstić information content (AvgIpc) is 2.92. The normalized spacial score (nSPS) is 12.5. The maximum atomic E-state index is 11.8. The summed E-state index contributed by atoms with van der Waals surface area (Å²) in [6.07, 6.45) is 5.28. The van der Waals surface area contributed by atoms with E-state index in [1.54, 1.807) is 11.3 Å². The number of carbonyl (C=O) groups excluding carboxylic acids is 1. The van der Waals surface area contributed by atoms with E-state index >= 15 is 0 Å². The lowest BCUT2D eigenvalue weighted by molar-refractivity contribution is -0.143. The second kappa shape index (κ2) is 8.36. The number of rotatable bonds is 8. The van der Waals surface area contributed by atoms with Crippen LogP contribution in [0.2, 0.25) is 0 Å². The molecule has 1 aromatic heterocycles. The van der Waals surface area contributed by atoms with Gasteiger partial charge in [-0.15, -0.1) is 11.3 Å². The average molecular weight is 324 g/mol. The molecule has 4 nitrogen and oxygen atoms in total. The van der Waals surface area contributed by atoms with Gasteiger partial charge < -0.3 is 4.84 Å². The summed E-state index contributed by atoms with van der Waals surface area (Å²) < 4.78 is 2.02. The first-order valence-corrected chi connectivity index (χ1v) is 8.87. The third-order valence-corrected chi connectivity index (χ3v) is 5.59. The van der Waals surface area contributed by atoms with Crippen LogP contribution in [0.3, 0.4) is 0 Å². The van der Waals surface area contributed by atoms with Crippen LogP contribution in [0.5, 0.6) is 0 Å². The van der Waals surface area contributed by atoms with E-state index in [1.807, 2.05) is 24.3 Å². The Morgan fingerprint density at radius 1 is 1.38 bits per heavy atom. The van der Waals surface area contributed by atoms with Crippen molar-refractivity contribution in [1.29, 1.82) is 0 Å². The fraction of sp³-hybridized carbons (Fsp3) is 0.467. The fourth-order valence-electron chi connectivity index (χ4n) is 2.08. The Labute approximate surface area is 133 Å². The Morgan fingerprint density at radius 3 is 2.90 bits per heavy atom. The second-order valence-electron chi connectivity index (χ2n) is 4.84. The highest BCUT2D eigenvalue weighted by atomic mass is 32.2. The topological polar surface area (TPSA) is 65.2 Å². The molecular formula is C15H20N2O2S2. The predicted octanol–water partition coefficient (Wildman–Crippen LogP) is 4.14. The van der Waals surface area contributed by atoms with E-state index in [0.717, 1.165) is 33.8 Å². The van der Waals surface area contributed by atoms with E-state index in [2.05, 4.69) is 16.7 Å². The number of hydrogen-bond acceptors (Lipinski definition) is 6. The molecule has 0 aliphatic heterocycles. The molecule has 0 bridgehead atoms. The minimum atomic E-state index is -0.365. The number of carbonyl (C=O) groups is 1. The number of benzene rings is 1. The zero-order chi connectivity index (χ0) is 15.1. The molecule has 0 aliphatic carbocycles. The van der Waals surface area contributed by atoms with Gasteiger partial charge >= 0.3 is 5.97 Å². The van der Waals surface area contributed by atoms with Crippen LogP contribution in [0.15, 0.2) is 28.6 Å². The molecule has 1 unspecified atom stereocenters. The second-order valence-corrected chi connectivity index (χ2v) is 7.32. The molecular weight excluding hydrogens is 304 g/mol. The summed E-state index contributed by atoms with van der Waals surface area (Å²) in [5.74, 6) is 4.69. The van der Waals surface area contributed by atoms with Crippen LogP contribution in [0.4, 0.5) is 0 Å². The molecule has 0 saturated carbocycles. The Morgan fingerprint density at radius 2 is 2.19 bits per heavy atom. The predicted molar refractivity (Wildman–Crippen MR) is 88.3 cm³/mol. The van der Waals surface area contributed by atoms with E-state index < -0.39 is 0 Å². The number of para-hydroxylation sites is 1. The molecule has 0 saturated heterocycles. The number of unbranched alkanes of at least 4 members (excludes halogenated alkanes) is 3. The van der Waals surface area contributed by atoms with Crippen molar-refractivity contribution in [2.24, 2.45) is 5.90 Å². The summed E-state index contributed by atoms with van der Waals surface area (Å²) in [5, 5.41) is -0.271. The summed E-state index contributed by atoms with van der Waals surface area (Å²) in [4.78, 5) is 20.8. The lowest BCUT2D eigenvalue weighted by Gasteiger charge is -2.11. The Bertz CT molecular complexity index is 553. The van der Waals surface area contributed by atoms with E-state index in [0.29, 0.717) is 0 Å². The van der Waals surface area contributed by atoms with Gasteiger partial charge in [0.25, 0.3) is 0 Å². The molecule has 2 rings (SSSR count). The number of aromatic nitrogens is 1. The number of thiazole rings is 1. The van der Waals surface area contributed by atoms with E-state index in [-0.39, 0.29) is 11.2 Å². The molecule has 0 fully saturated rings. The van der Waals surface area contributed by atoms with Crippen molar-refractivity contribution in [3.8, 4) is 0 Å². The molecule has 114 valence electrons. The minimum absolute atomic E-state index is 0.271. The largest absolute Gasteiger partial charge is 0.372 e. The molecule has 2 aromatic rings. The van der Waals surface area contributed by atoms with Gasteiger partial charge in [-0.25, -0.2) is 9.78 Å². The van der Waals surface area contributed by atoms with Crippen molar-refractivity contribution in [3.05, 3.63) is 24.3 Å². The highest BCUT2D eigenvalue weighted by Crippen LogP contribution is 2.34. The van der Waals surface area contributed by atoms with Gasteiger partial charge in [0.2, 0.25) is 0 Å². The van der Waals surface area contributed by atoms with Crippen LogP contribution >= 0.6 is 23.1 Å². The van der Waals surface area contributed by atoms with Crippen LogP contribution in [-0.2, 0) is 9.63 Å². The smallest absolute Gasteiger partial charge is 0.337 e. The first kappa shape index (κ1) is 16.3. The van der Waals surface area contributed by atoms with Gasteiger partial charge in [-0.3, -0.25) is 0 Å². The minimum Gasteiger partial charge on any atom is -0.372 e. The van der Waals surface area contributed by atoms with Gasteiger partial charge in [0.05, 0.1) is 10.2 Å². The van der Waals surface area contributed by atoms with E-state index in [9.17, 15) is 4.79 Å². The molecule has 21 heavy (non-hydrogen) atoms. The number of fused-ring (bicyclic) bond motifs is 1. The van der Waals surface area contributed by atoms with Crippen LogP contribution < -0.4 is 5.90 Å². The third-order valence-electron chi connectivity index (χ3n) is 3.22. The molecule has 0 spiro atoms. The van der Waals surface area contributed by atoms with Crippen molar-refractivity contribution >= 4 is 39.3 Å². The molecule has 0 amide bonds. The van der Waals surface area contributed by atoms with E-state index in [1.165, 1.54) is 24.6 Å². The maximum absolute atomic E-state index is 11.8. The molecule has 0 radical (unpaired) electrons. The highest BCUT2D eigenvalue weighted by Gasteiger charge is 2.22. The Kier molecular flexibility index (Phi) is 6.48. The van der Waals surface area contributed by atoms with Crippen LogP contribution in [-0.4, -0.2) is 16.2 Å². The van der Waals surface area contributed by atoms with Crippen molar-refractivity contribution in [1.82, 2.24) is 4.98 Å². The van der Waals surface area contributed by atoms with Gasteiger partial charge in [-0.1, -0.05) is 56.5 Å². The molecule has 6 heteroatoms. The van der Waals surface area contributed by atoms with Crippen LogP contribution in [0, 0.1) is 0 Å². The number of thioether (sulfide) groups is 1. The lowest BCUT2D eigenvalue weighted by Crippen LogP contribution is -2.23. The Balaban J connectivity index is 2.01. The van der Waals surface area contributed by atoms with Gasteiger partial charge in [-0.05, 0) is 18.6 Å². The SMILES string of the molecule is CCCCCCC(Sc1nc2ccccc2s1)C(=O)ON. The standard InChI is InChI=1S/C15H20N2O2S2/c1-2-3-4-5-10-13(14(18)19-16)21-15-17-11-8-6-7-9-12(11)20-15/h6-9,13H,2-5,10,16H2,1H3. The zero-order valence-corrected chi connectivity index (χ0v) is 13.7. The Hall–Kier alpha value is -1.11. The van der Waals surface area contributed by atoms with Crippen molar-refractivity contribution < 1.29 is 9.63 Å². The first-order chi connectivity index (χ1) is 10.2. The van der Waals surface area contributed by atoms with Crippen LogP contribution in [0.1, 0.15) is 39.0 Å². The van der Waals surface area contributed by atoms with Crippen LogP contribution in [0.25, 0.3) is 10.2 Å². The summed E-state index contributed by atoms with van der Waals surface area (Å²) >= 11 is 3.06. The van der Waals surface area contributed by atoms with Gasteiger partial charge in [0.1, 0.15) is 5.25 Å². The lowest BCUT2D eigenvalue weighted by atomic mass is 10.1. The fourth-order valence-corrected chi connectivity index (χ4v) is 4.42. The van der Waals surface area contributed by atoms with Crippen molar-refractivity contribution in [3.63, 3.8) is 0 Å². The zero-order valence-electron chi connectivity index (χ0n) is 12.1. The quantitative estimate of drug-likeness (QED) is 0.449. The van der Waals surface area contributed by atoms with Crippen molar-refractivity contribution in [2.45, 2.75) is 48.6 Å². The number of nitrogens with zero attached hydrogens (tertiary/aromatic N) is 1. The molecule has 1 heterocycles. The monoisotopic (exact) mass is 324 g/mol. The summed E-state index contributed by atoms with van der Waals surface area (Å²) in [6, 6.07) is 7.97. The summed E-state index contributed by atoms with van der Waals surface area (Å²) in [6.45, 7) is 2.17. The van der Waals surface area contributed by atoms with Gasteiger partial charge in [0.15, 0.2) is 4.34 Å². The number of hydrogen-bond donors (Lipinski definition) is 1. The molecule has 1 aromatic carbocycles. The highest BCUT2D eigenvalue weighted by molar-refractivity contribution is 8.02. The number of nitrogens with two attached hydrogens (primary N) is 1. The molecule has 2 N–H and O–H groups in total. The van der Waals surface area contributed by atoms with Crippen molar-refractivity contribution in [2.75, 3.05) is 0 Å². The third kappa shape index (κ3) is 4.69.